The van der Waals surface area contributed by atoms with Crippen LogP contribution in [-0.2, 0) is 48.2 Å². The van der Waals surface area contributed by atoms with E-state index >= 15 is 0 Å². The highest BCUT2D eigenvalue weighted by atomic mass is 16.7. The van der Waals surface area contributed by atoms with Crippen molar-refractivity contribution in [2.45, 2.75) is 50.5 Å². The van der Waals surface area contributed by atoms with Crippen LogP contribution in [0.1, 0.15) is 16.7 Å². The molecule has 5 atom stereocenters. The minimum absolute atomic E-state index is 0.343. The topological polar surface area (TPSA) is 55.4 Å². The third-order valence-corrected chi connectivity index (χ3v) is 6.01. The predicted octanol–water partition coefficient (Wildman–Crippen LogP) is 4.76. The molecule has 1 aliphatic heterocycles. The van der Waals surface area contributed by atoms with Gasteiger partial charge in [0.25, 0.3) is 0 Å². The summed E-state index contributed by atoms with van der Waals surface area (Å²) in [5, 5.41) is 0. The Morgan fingerprint density at radius 3 is 1.43 bits per heavy atom. The molecule has 186 valence electrons. The molecule has 3 aromatic rings. The highest BCUT2D eigenvalue weighted by Gasteiger charge is 2.48. The SMILES string of the molecule is COC[C@H]1O[C@H](OC)[C@@H](OCc2ccccc2)[C@@H](OCc2ccccc2)[C@@H]1OCc1ccccc1. The van der Waals surface area contributed by atoms with E-state index in [1.807, 2.05) is 91.0 Å². The van der Waals surface area contributed by atoms with Gasteiger partial charge in [-0.15, -0.1) is 0 Å². The molecule has 1 fully saturated rings. The van der Waals surface area contributed by atoms with Gasteiger partial charge in [-0.3, -0.25) is 0 Å². The minimum Gasteiger partial charge on any atom is -0.382 e. The van der Waals surface area contributed by atoms with Crippen LogP contribution < -0.4 is 0 Å². The fraction of sp³-hybridized carbons (Fsp3) is 0.379. The summed E-state index contributed by atoms with van der Waals surface area (Å²) in [6.07, 6.45) is -2.38. The summed E-state index contributed by atoms with van der Waals surface area (Å²) < 4.78 is 36.8. The summed E-state index contributed by atoms with van der Waals surface area (Å²) in [4.78, 5) is 0. The summed E-state index contributed by atoms with van der Waals surface area (Å²) in [5.41, 5.74) is 3.20. The van der Waals surface area contributed by atoms with Crippen molar-refractivity contribution in [3.05, 3.63) is 108 Å². The molecule has 0 spiro atoms. The summed E-state index contributed by atoms with van der Waals surface area (Å²) in [6, 6.07) is 30.2. The molecule has 1 heterocycles. The monoisotopic (exact) mass is 478 g/mol. The van der Waals surface area contributed by atoms with Gasteiger partial charge < -0.3 is 28.4 Å². The molecule has 6 nitrogen and oxygen atoms in total. The Labute approximate surface area is 207 Å². The highest BCUT2D eigenvalue weighted by Crippen LogP contribution is 2.31. The van der Waals surface area contributed by atoms with E-state index in [0.717, 1.165) is 16.7 Å². The highest BCUT2D eigenvalue weighted by molar-refractivity contribution is 5.15. The second-order valence-corrected chi connectivity index (χ2v) is 8.52. The van der Waals surface area contributed by atoms with Crippen molar-refractivity contribution < 1.29 is 28.4 Å². The fourth-order valence-corrected chi connectivity index (χ4v) is 4.23. The zero-order chi connectivity index (χ0) is 24.3. The Morgan fingerprint density at radius 1 is 0.571 bits per heavy atom. The van der Waals surface area contributed by atoms with Crippen LogP contribution in [0.4, 0.5) is 0 Å². The van der Waals surface area contributed by atoms with E-state index in [-0.39, 0.29) is 6.10 Å². The van der Waals surface area contributed by atoms with Crippen molar-refractivity contribution in [3.8, 4) is 0 Å². The number of methoxy groups -OCH3 is 2. The number of hydrogen-bond acceptors (Lipinski definition) is 6. The molecule has 0 bridgehead atoms. The van der Waals surface area contributed by atoms with Crippen molar-refractivity contribution in [1.82, 2.24) is 0 Å². The van der Waals surface area contributed by atoms with Crippen LogP contribution in [0.3, 0.4) is 0 Å². The second-order valence-electron chi connectivity index (χ2n) is 8.52. The fourth-order valence-electron chi connectivity index (χ4n) is 4.23. The van der Waals surface area contributed by atoms with Crippen molar-refractivity contribution in [2.24, 2.45) is 0 Å². The standard InChI is InChI=1S/C29H34O6/c1-30-21-25-26(32-18-22-12-6-3-7-13-22)27(33-19-23-14-8-4-9-15-23)28(29(31-2)35-25)34-20-24-16-10-5-11-17-24/h3-17,25-29H,18-21H2,1-2H3/t25-,26-,27+,28+,29+/m1/s1. The molecule has 35 heavy (non-hydrogen) atoms. The summed E-state index contributed by atoms with van der Waals surface area (Å²) in [6.45, 7) is 1.58. The molecular weight excluding hydrogens is 444 g/mol. The van der Waals surface area contributed by atoms with Crippen molar-refractivity contribution in [2.75, 3.05) is 20.8 Å². The van der Waals surface area contributed by atoms with Gasteiger partial charge in [-0.1, -0.05) is 91.0 Å². The quantitative estimate of drug-likeness (QED) is 0.374. The minimum atomic E-state index is -0.629. The predicted molar refractivity (Wildman–Crippen MR) is 133 cm³/mol. The molecule has 0 N–H and O–H groups in total. The number of rotatable bonds is 12. The van der Waals surface area contributed by atoms with Gasteiger partial charge in [0, 0.05) is 14.2 Å². The van der Waals surface area contributed by atoms with Crippen LogP contribution in [0.5, 0.6) is 0 Å². The van der Waals surface area contributed by atoms with E-state index in [4.69, 9.17) is 28.4 Å². The van der Waals surface area contributed by atoms with Crippen molar-refractivity contribution in [3.63, 3.8) is 0 Å². The van der Waals surface area contributed by atoms with Gasteiger partial charge in [-0.2, -0.15) is 0 Å². The Hall–Kier alpha value is -2.58. The van der Waals surface area contributed by atoms with Crippen LogP contribution >= 0.6 is 0 Å². The molecule has 3 aromatic carbocycles. The van der Waals surface area contributed by atoms with Crippen LogP contribution in [0, 0.1) is 0 Å². The lowest BCUT2D eigenvalue weighted by Crippen LogP contribution is -2.61. The third kappa shape index (κ3) is 7.21. The normalized spacial score (nSPS) is 24.3. The van der Waals surface area contributed by atoms with Crippen LogP contribution in [0.2, 0.25) is 0 Å². The number of hydrogen-bond donors (Lipinski definition) is 0. The van der Waals surface area contributed by atoms with Crippen molar-refractivity contribution >= 4 is 0 Å². The van der Waals surface area contributed by atoms with Crippen molar-refractivity contribution in [1.29, 1.82) is 0 Å². The molecular formula is C29H34O6. The first kappa shape index (κ1) is 25.5. The molecule has 0 aliphatic carbocycles. The van der Waals surface area contributed by atoms with Crippen LogP contribution in [-0.4, -0.2) is 51.5 Å². The molecule has 1 aliphatic rings. The molecule has 1 saturated heterocycles. The Bertz CT molecular complexity index is 968. The summed E-state index contributed by atoms with van der Waals surface area (Å²) >= 11 is 0. The van der Waals surface area contributed by atoms with E-state index in [2.05, 4.69) is 0 Å². The summed E-state index contributed by atoms with van der Waals surface area (Å²) in [5.74, 6) is 0. The maximum absolute atomic E-state index is 6.51. The van der Waals surface area contributed by atoms with E-state index in [9.17, 15) is 0 Å². The van der Waals surface area contributed by atoms with E-state index in [0.29, 0.717) is 26.4 Å². The van der Waals surface area contributed by atoms with E-state index in [1.165, 1.54) is 0 Å². The lowest BCUT2D eigenvalue weighted by atomic mass is 9.98. The summed E-state index contributed by atoms with van der Waals surface area (Å²) in [7, 11) is 3.27. The van der Waals surface area contributed by atoms with Crippen LogP contribution in [0.25, 0.3) is 0 Å². The molecule has 0 aromatic heterocycles. The van der Waals surface area contributed by atoms with Gasteiger partial charge in [-0.05, 0) is 16.7 Å². The third-order valence-electron chi connectivity index (χ3n) is 6.01. The molecule has 0 unspecified atom stereocenters. The Kier molecular flexibility index (Phi) is 9.84. The van der Waals surface area contributed by atoms with Crippen LogP contribution in [0.15, 0.2) is 91.0 Å². The first-order valence-corrected chi connectivity index (χ1v) is 11.9. The number of benzene rings is 3. The van der Waals surface area contributed by atoms with Gasteiger partial charge in [-0.25, -0.2) is 0 Å². The Balaban J connectivity index is 1.58. The van der Waals surface area contributed by atoms with E-state index < -0.39 is 24.6 Å². The molecule has 0 radical (unpaired) electrons. The number of ether oxygens (including phenoxy) is 6. The maximum Gasteiger partial charge on any atom is 0.186 e. The first-order chi connectivity index (χ1) is 17.3. The lowest BCUT2D eigenvalue weighted by Gasteiger charge is -2.45. The van der Waals surface area contributed by atoms with Gasteiger partial charge in [0.2, 0.25) is 0 Å². The molecule has 4 rings (SSSR count). The first-order valence-electron chi connectivity index (χ1n) is 11.9. The average molecular weight is 479 g/mol. The van der Waals surface area contributed by atoms with Gasteiger partial charge in [0.1, 0.15) is 24.4 Å². The zero-order valence-corrected chi connectivity index (χ0v) is 20.3. The zero-order valence-electron chi connectivity index (χ0n) is 20.3. The van der Waals surface area contributed by atoms with Gasteiger partial charge >= 0.3 is 0 Å². The second kappa shape index (κ2) is 13.5. The molecule has 0 amide bonds. The smallest absolute Gasteiger partial charge is 0.186 e. The van der Waals surface area contributed by atoms with Gasteiger partial charge in [0.15, 0.2) is 6.29 Å². The van der Waals surface area contributed by atoms with E-state index in [1.54, 1.807) is 14.2 Å². The maximum atomic E-state index is 6.51. The lowest BCUT2D eigenvalue weighted by molar-refractivity contribution is -0.322. The largest absolute Gasteiger partial charge is 0.382 e. The van der Waals surface area contributed by atoms with Gasteiger partial charge in [0.05, 0.1) is 26.4 Å². The molecule has 6 heteroatoms. The Morgan fingerprint density at radius 2 is 1.00 bits per heavy atom. The molecule has 0 saturated carbocycles. The average Bonchev–Trinajstić information content (AvgIpc) is 2.92.